The highest BCUT2D eigenvalue weighted by atomic mass is 32.2. The summed E-state index contributed by atoms with van der Waals surface area (Å²) in [5.41, 5.74) is 2.33. The van der Waals surface area contributed by atoms with Crippen molar-refractivity contribution in [3.8, 4) is 17.2 Å². The molecular formula is C26H27N3O6S. The lowest BCUT2D eigenvalue weighted by atomic mass is 9.81. The number of benzene rings is 2. The minimum Gasteiger partial charge on any atom is -0.493 e. The van der Waals surface area contributed by atoms with Crippen LogP contribution in [0.4, 0.5) is 5.82 Å². The molecule has 0 bridgehead atoms. The van der Waals surface area contributed by atoms with Crippen molar-refractivity contribution < 1.29 is 23.7 Å². The number of allylic oxidation sites excluding steroid dienone is 1. The van der Waals surface area contributed by atoms with E-state index < -0.39 is 11.9 Å². The summed E-state index contributed by atoms with van der Waals surface area (Å²) in [6, 6.07) is 13.3. The molecule has 0 fully saturated rings. The topological polar surface area (TPSA) is 112 Å². The fourth-order valence-electron chi connectivity index (χ4n) is 4.27. The maximum absolute atomic E-state index is 13.5. The molecule has 1 unspecified atom stereocenters. The van der Waals surface area contributed by atoms with Crippen LogP contribution in [0, 0.1) is 0 Å². The average molecular weight is 510 g/mol. The van der Waals surface area contributed by atoms with Gasteiger partial charge in [0.1, 0.15) is 5.82 Å². The van der Waals surface area contributed by atoms with E-state index in [4.69, 9.17) is 18.9 Å². The lowest BCUT2D eigenvalue weighted by Crippen LogP contribution is -2.31. The molecule has 9 nitrogen and oxygen atoms in total. The lowest BCUT2D eigenvalue weighted by molar-refractivity contribution is -0.136. The lowest BCUT2D eigenvalue weighted by Gasteiger charge is -2.30. The Kier molecular flexibility index (Phi) is 7.54. The van der Waals surface area contributed by atoms with Crippen molar-refractivity contribution in [3.63, 3.8) is 0 Å². The van der Waals surface area contributed by atoms with Crippen LogP contribution in [0.25, 0.3) is 0 Å². The molecule has 1 aliphatic heterocycles. The van der Waals surface area contributed by atoms with Gasteiger partial charge in [-0.1, -0.05) is 48.2 Å². The van der Waals surface area contributed by atoms with Gasteiger partial charge in [0.25, 0.3) is 5.56 Å². The van der Waals surface area contributed by atoms with Crippen molar-refractivity contribution in [1.29, 1.82) is 0 Å². The number of methoxy groups -OCH3 is 4. The number of aromatic amines is 1. The zero-order chi connectivity index (χ0) is 25.8. The zero-order valence-corrected chi connectivity index (χ0v) is 21.4. The van der Waals surface area contributed by atoms with Crippen molar-refractivity contribution in [2.24, 2.45) is 0 Å². The number of nitrogens with zero attached hydrogens (tertiary/aromatic N) is 1. The van der Waals surface area contributed by atoms with Crippen molar-refractivity contribution in [3.05, 3.63) is 80.8 Å². The molecule has 10 heteroatoms. The van der Waals surface area contributed by atoms with E-state index in [9.17, 15) is 9.59 Å². The highest BCUT2D eigenvalue weighted by Crippen LogP contribution is 2.48. The summed E-state index contributed by atoms with van der Waals surface area (Å²) in [4.78, 5) is 34.0. The van der Waals surface area contributed by atoms with E-state index in [0.29, 0.717) is 45.2 Å². The molecule has 0 saturated heterocycles. The van der Waals surface area contributed by atoms with Gasteiger partial charge in [-0.2, -0.15) is 0 Å². The molecular weight excluding hydrogens is 482 g/mol. The van der Waals surface area contributed by atoms with Crippen LogP contribution in [-0.2, 0) is 15.3 Å². The Morgan fingerprint density at radius 1 is 1.00 bits per heavy atom. The summed E-state index contributed by atoms with van der Waals surface area (Å²) in [5.74, 6) is 0.734. The molecule has 0 saturated carbocycles. The van der Waals surface area contributed by atoms with Gasteiger partial charge in [0.2, 0.25) is 5.75 Å². The minimum absolute atomic E-state index is 0.271. The Labute approximate surface area is 212 Å². The highest BCUT2D eigenvalue weighted by Gasteiger charge is 2.38. The number of anilines is 1. The van der Waals surface area contributed by atoms with Gasteiger partial charge in [-0.3, -0.25) is 4.79 Å². The standard InChI is InChI=1S/C26H27N3O6S/c1-14-18(25(31)35-5)19(16-11-12-17(32-2)22(34-4)21(16)33-3)20-23(27-14)28-26(29-24(20)30)36-13-15-9-7-6-8-10-15/h6-12,19H,13H2,1-5H3,(H2,27,28,29,30). The second-order valence-electron chi connectivity index (χ2n) is 7.92. The molecule has 1 aliphatic rings. The van der Waals surface area contributed by atoms with E-state index >= 15 is 0 Å². The first-order chi connectivity index (χ1) is 17.4. The quantitative estimate of drug-likeness (QED) is 0.263. The Balaban J connectivity index is 1.87. The van der Waals surface area contributed by atoms with Crippen LogP contribution in [-0.4, -0.2) is 44.4 Å². The summed E-state index contributed by atoms with van der Waals surface area (Å²) in [6.45, 7) is 1.75. The molecule has 1 atom stereocenters. The molecule has 1 aromatic heterocycles. The molecule has 4 rings (SSSR count). The molecule has 3 aromatic rings. The van der Waals surface area contributed by atoms with Crippen molar-refractivity contribution in [2.75, 3.05) is 33.8 Å². The first-order valence-electron chi connectivity index (χ1n) is 11.1. The Morgan fingerprint density at radius 3 is 2.36 bits per heavy atom. The van der Waals surface area contributed by atoms with Crippen molar-refractivity contribution >= 4 is 23.5 Å². The number of hydrogen-bond acceptors (Lipinski definition) is 9. The summed E-state index contributed by atoms with van der Waals surface area (Å²) < 4.78 is 21.7. The zero-order valence-electron chi connectivity index (χ0n) is 20.6. The Hall–Kier alpha value is -3.92. The van der Waals surface area contributed by atoms with Crippen molar-refractivity contribution in [1.82, 2.24) is 9.97 Å². The third-order valence-electron chi connectivity index (χ3n) is 5.89. The number of thioether (sulfide) groups is 1. The van der Waals surface area contributed by atoms with Crippen LogP contribution in [0.3, 0.4) is 0 Å². The number of carbonyl (C=O) groups excluding carboxylic acids is 1. The third kappa shape index (κ3) is 4.64. The maximum atomic E-state index is 13.5. The monoisotopic (exact) mass is 509 g/mol. The van der Waals surface area contributed by atoms with Crippen LogP contribution in [0.2, 0.25) is 0 Å². The second kappa shape index (κ2) is 10.8. The number of aromatic nitrogens is 2. The van der Waals surface area contributed by atoms with Crippen LogP contribution < -0.4 is 25.1 Å². The van der Waals surface area contributed by atoms with Gasteiger partial charge in [-0.15, -0.1) is 0 Å². The SMILES string of the molecule is COC(=O)C1=C(C)Nc2nc(SCc3ccccc3)[nH]c(=O)c2C1c1ccc(OC)c(OC)c1OC. The fraction of sp³-hybridized carbons (Fsp3) is 0.269. The van der Waals surface area contributed by atoms with Gasteiger partial charge in [-0.25, -0.2) is 9.78 Å². The molecule has 2 aromatic carbocycles. The summed E-state index contributed by atoms with van der Waals surface area (Å²) in [7, 11) is 5.80. The normalized spacial score (nSPS) is 14.5. The predicted molar refractivity (Wildman–Crippen MR) is 137 cm³/mol. The predicted octanol–water partition coefficient (Wildman–Crippen LogP) is 4.09. The number of ether oxygens (including phenoxy) is 4. The Bertz CT molecular complexity index is 1370. The van der Waals surface area contributed by atoms with Gasteiger partial charge in [0.05, 0.1) is 45.5 Å². The van der Waals surface area contributed by atoms with Gasteiger partial charge < -0.3 is 29.2 Å². The van der Waals surface area contributed by atoms with E-state index in [0.717, 1.165) is 5.56 Å². The molecule has 0 aliphatic carbocycles. The van der Waals surface area contributed by atoms with Crippen molar-refractivity contribution in [2.45, 2.75) is 23.8 Å². The Morgan fingerprint density at radius 2 is 1.72 bits per heavy atom. The van der Waals surface area contributed by atoms with E-state index in [2.05, 4.69) is 15.3 Å². The van der Waals surface area contributed by atoms with Crippen LogP contribution >= 0.6 is 11.8 Å². The molecule has 36 heavy (non-hydrogen) atoms. The second-order valence-corrected chi connectivity index (χ2v) is 8.88. The summed E-state index contributed by atoms with van der Waals surface area (Å²) >= 11 is 1.41. The number of hydrogen-bond donors (Lipinski definition) is 2. The smallest absolute Gasteiger partial charge is 0.336 e. The number of nitrogens with one attached hydrogen (secondary N) is 2. The molecule has 2 N–H and O–H groups in total. The van der Waals surface area contributed by atoms with E-state index in [1.807, 2.05) is 30.3 Å². The third-order valence-corrected chi connectivity index (χ3v) is 6.83. The first kappa shape index (κ1) is 25.2. The van der Waals surface area contributed by atoms with Gasteiger partial charge in [0, 0.05) is 17.0 Å². The molecule has 188 valence electrons. The first-order valence-corrected chi connectivity index (χ1v) is 12.1. The summed E-state index contributed by atoms with van der Waals surface area (Å²) in [5, 5.41) is 3.59. The van der Waals surface area contributed by atoms with E-state index in [1.54, 1.807) is 19.1 Å². The fourth-order valence-corrected chi connectivity index (χ4v) is 5.09. The largest absolute Gasteiger partial charge is 0.493 e. The minimum atomic E-state index is -0.826. The number of H-pyrrole nitrogens is 1. The molecule has 0 spiro atoms. The number of rotatable bonds is 8. The molecule has 0 amide bonds. The van der Waals surface area contributed by atoms with Crippen LogP contribution in [0.15, 0.2) is 63.7 Å². The average Bonchev–Trinajstić information content (AvgIpc) is 2.90. The van der Waals surface area contributed by atoms with Crippen LogP contribution in [0.1, 0.15) is 29.5 Å². The number of esters is 1. The van der Waals surface area contributed by atoms with Crippen LogP contribution in [0.5, 0.6) is 17.2 Å². The van der Waals surface area contributed by atoms with Gasteiger partial charge in [-0.05, 0) is 18.6 Å². The highest BCUT2D eigenvalue weighted by molar-refractivity contribution is 7.98. The van der Waals surface area contributed by atoms with Gasteiger partial charge >= 0.3 is 5.97 Å². The molecule has 0 radical (unpaired) electrons. The van der Waals surface area contributed by atoms with E-state index in [-0.39, 0.29) is 16.7 Å². The number of carbonyl (C=O) groups is 1. The number of fused-ring (bicyclic) bond motifs is 1. The van der Waals surface area contributed by atoms with E-state index in [1.165, 1.54) is 40.2 Å². The summed E-state index contributed by atoms with van der Waals surface area (Å²) in [6.07, 6.45) is 0. The van der Waals surface area contributed by atoms with Gasteiger partial charge in [0.15, 0.2) is 16.7 Å². The molecule has 2 heterocycles. The maximum Gasteiger partial charge on any atom is 0.336 e.